The largest absolute Gasteiger partial charge is 0.396 e. The van der Waals surface area contributed by atoms with Gasteiger partial charge in [0.05, 0.1) is 66.6 Å². The second-order valence-corrected chi connectivity index (χ2v) is 27.6. The summed E-state index contributed by atoms with van der Waals surface area (Å²) in [6.07, 6.45) is 19.7. The van der Waals surface area contributed by atoms with Gasteiger partial charge in [-0.25, -0.2) is 46.5 Å². The SMILES string of the molecule is Cn1c2cccnc2[n+]2cc3n(c12)Cc1ccccc1-3.[2H]C([2H])([2H])n1c2cccnc2[n+]2cc3n(c12)Cc1ccccc1-3.c1ccc(-n2c3cccnc3[n+]3cc4n(c23)Cc2ccccc2-4)cc1.c1ccc2c(c1)C[n+]1cn3c(oc4ncccc43)c1-2.c1ccc2c(c1)C[n+]1cn3c(sc4ncccc43)c1-2. The summed E-state index contributed by atoms with van der Waals surface area (Å²) in [5, 5.41) is 0. The number of aromatic nitrogens is 18. The standard InChI is InChI=1S/C21H15N4.2C16H13N4.C15H10N3O.C15H10N3S/c1-2-8-16(9-3-1)25-18-11-6-12-22-20(18)24-14-19-17-10-5-4-7-15(17)13-23(19)21(24)25;2*1-18-13-7-4-8-17-15(13)20-10-14-12-6-3-2-5-11(12)9-19(14)16(18)20;2*1-2-5-11-10(4-1)8-17-9-18-12-6-3-7-16-14(12)19-15(18)13(11)17/h1-12,14H,13H2;2*2-8,10H,9H2,1H3;2*1-7,9H,8H2/q5*+1/i;1D3;;;. The minimum Gasteiger partial charge on any atom is -0.396 e. The summed E-state index contributed by atoms with van der Waals surface area (Å²) in [7, 11) is 2.11. The van der Waals surface area contributed by atoms with Crippen LogP contribution < -0.4 is 22.3 Å². The fourth-order valence-electron chi connectivity index (χ4n) is 16.5. The van der Waals surface area contributed by atoms with Crippen molar-refractivity contribution in [2.45, 2.75) is 32.7 Å². The van der Waals surface area contributed by atoms with Crippen LogP contribution in [-0.2, 0) is 46.7 Å². The van der Waals surface area contributed by atoms with Crippen LogP contribution in [-0.4, -0.2) is 61.1 Å². The molecule has 0 atom stereocenters. The van der Waals surface area contributed by atoms with Crippen molar-refractivity contribution in [1.82, 2.24) is 61.1 Å². The second kappa shape index (κ2) is 22.0. The maximum Gasteiger partial charge on any atom is 0.345 e. The van der Waals surface area contributed by atoms with Crippen LogP contribution in [0.2, 0.25) is 0 Å². The van der Waals surface area contributed by atoms with E-state index in [1.807, 2.05) is 71.7 Å². The van der Waals surface area contributed by atoms with Crippen molar-refractivity contribution in [3.63, 3.8) is 0 Å². The molecule has 26 rings (SSSR count). The molecule has 15 aromatic heterocycles. The lowest BCUT2D eigenvalue weighted by Crippen LogP contribution is -2.29. The Bertz CT molecular complexity index is 7080. The Labute approximate surface area is 594 Å². The monoisotopic (exact) mass is 1360 g/mol. The summed E-state index contributed by atoms with van der Waals surface area (Å²) in [6.45, 7) is 2.12. The summed E-state index contributed by atoms with van der Waals surface area (Å²) in [4.78, 5) is 24.7. The number of fused-ring (bicyclic) bond motifs is 35. The topological polar surface area (TPSA) is 136 Å². The van der Waals surface area contributed by atoms with E-state index in [-0.39, 0.29) is 0 Å². The van der Waals surface area contributed by atoms with E-state index in [2.05, 4.69) is 264 Å². The maximum atomic E-state index is 7.96. The van der Waals surface area contributed by atoms with Crippen LogP contribution in [0.4, 0.5) is 0 Å². The Balaban J connectivity index is 0.0000000830. The molecule has 0 bridgehead atoms. The normalized spacial score (nSPS) is 13.5. The first-order valence-corrected chi connectivity index (χ1v) is 35.1. The molecule has 0 unspecified atom stereocenters. The van der Waals surface area contributed by atoms with Gasteiger partial charge in [0, 0.05) is 65.4 Å². The minimum absolute atomic E-state index is 0.619. The lowest BCUT2D eigenvalue weighted by molar-refractivity contribution is -0.671. The van der Waals surface area contributed by atoms with Gasteiger partial charge in [-0.05, 0) is 95.6 Å². The van der Waals surface area contributed by atoms with Crippen LogP contribution in [0.25, 0.3) is 145 Å². The number of aryl methyl sites for hydroxylation is 2. The van der Waals surface area contributed by atoms with Gasteiger partial charge in [0.2, 0.25) is 10.5 Å². The van der Waals surface area contributed by atoms with E-state index in [0.717, 1.165) is 93.0 Å². The van der Waals surface area contributed by atoms with E-state index in [1.165, 1.54) is 87.8 Å². The molecule has 0 aliphatic carbocycles. The van der Waals surface area contributed by atoms with Crippen molar-refractivity contribution in [3.8, 4) is 62.0 Å². The molecule has 5 aliphatic rings. The molecule has 20 heteroatoms. The Morgan fingerprint density at radius 1 is 0.398 bits per heavy atom. The molecule has 490 valence electrons. The molecular formula is C83H61N18OS+5. The van der Waals surface area contributed by atoms with Gasteiger partial charge in [-0.3, -0.25) is 0 Å². The van der Waals surface area contributed by atoms with Gasteiger partial charge in [-0.15, -0.1) is 15.0 Å². The van der Waals surface area contributed by atoms with E-state index in [4.69, 9.17) is 8.53 Å². The molecule has 0 radical (unpaired) electrons. The maximum absolute atomic E-state index is 7.96. The van der Waals surface area contributed by atoms with Crippen LogP contribution in [0.15, 0.2) is 279 Å². The fraction of sp³-hybridized carbons (Fsp3) is 0.0843. The third-order valence-electron chi connectivity index (χ3n) is 21.0. The highest BCUT2D eigenvalue weighted by atomic mass is 32.1. The molecule has 21 aromatic rings. The Morgan fingerprint density at radius 3 is 1.43 bits per heavy atom. The van der Waals surface area contributed by atoms with Gasteiger partial charge in [0.1, 0.15) is 30.2 Å². The molecule has 5 aliphatic heterocycles. The minimum atomic E-state index is -2.26. The number of rotatable bonds is 1. The van der Waals surface area contributed by atoms with Crippen molar-refractivity contribution in [3.05, 3.63) is 302 Å². The number of pyridine rings is 5. The fourth-order valence-corrected chi connectivity index (χ4v) is 17.6. The highest BCUT2D eigenvalue weighted by molar-refractivity contribution is 7.24. The average molecular weight is 1360 g/mol. The predicted octanol–water partition coefficient (Wildman–Crippen LogP) is 13.1. The van der Waals surface area contributed by atoms with Gasteiger partial charge in [0.15, 0.2) is 38.1 Å². The molecule has 19 nitrogen and oxygen atoms in total. The molecule has 0 N–H and O–H groups in total. The van der Waals surface area contributed by atoms with Crippen molar-refractivity contribution in [2.75, 3.05) is 0 Å². The summed E-state index contributed by atoms with van der Waals surface area (Å²) < 4.78 is 57.7. The first-order valence-electron chi connectivity index (χ1n) is 35.8. The van der Waals surface area contributed by atoms with Gasteiger partial charge < -0.3 is 4.42 Å². The molecule has 20 heterocycles. The summed E-state index contributed by atoms with van der Waals surface area (Å²) >= 11 is 1.77. The van der Waals surface area contributed by atoms with Crippen LogP contribution in [0.5, 0.6) is 0 Å². The van der Waals surface area contributed by atoms with Crippen LogP contribution in [0, 0.1) is 0 Å². The van der Waals surface area contributed by atoms with E-state index in [1.54, 1.807) is 35.9 Å². The number of hydrogen-bond donors (Lipinski definition) is 0. The number of thiazole rings is 1. The Hall–Kier alpha value is -13.5. The summed E-state index contributed by atoms with van der Waals surface area (Å²) in [6, 6.07) is 73.0. The van der Waals surface area contributed by atoms with Crippen LogP contribution in [0.1, 0.15) is 31.9 Å². The van der Waals surface area contributed by atoms with Gasteiger partial charge in [-0.2, -0.15) is 22.0 Å². The first-order chi connectivity index (χ1) is 52.1. The van der Waals surface area contributed by atoms with Crippen molar-refractivity contribution in [1.29, 1.82) is 0 Å². The zero-order valence-electron chi connectivity index (χ0n) is 58.4. The van der Waals surface area contributed by atoms with E-state index in [9.17, 15) is 0 Å². The second-order valence-electron chi connectivity index (χ2n) is 26.6. The van der Waals surface area contributed by atoms with Crippen molar-refractivity contribution >= 4 is 94.3 Å². The predicted molar refractivity (Wildman–Crippen MR) is 395 cm³/mol. The van der Waals surface area contributed by atoms with Crippen molar-refractivity contribution in [2.24, 2.45) is 14.0 Å². The van der Waals surface area contributed by atoms with Crippen LogP contribution >= 0.6 is 11.3 Å². The molecular weight excluding hydrogens is 1300 g/mol. The Morgan fingerprint density at radius 2 is 0.835 bits per heavy atom. The van der Waals surface area contributed by atoms with Gasteiger partial charge in [0.25, 0.3) is 35.3 Å². The first kappa shape index (κ1) is 54.5. The Kier molecular flexibility index (Phi) is 11.6. The number of hydrogen-bond acceptors (Lipinski definition) is 7. The molecule has 103 heavy (non-hydrogen) atoms. The molecule has 0 spiro atoms. The van der Waals surface area contributed by atoms with Crippen molar-refractivity contribution < 1.29 is 30.9 Å². The number of oxazole rings is 1. The third kappa shape index (κ3) is 8.43. The lowest BCUT2D eigenvalue weighted by atomic mass is 10.1. The zero-order valence-corrected chi connectivity index (χ0v) is 56.2. The average Bonchev–Trinajstić information content (AvgIpc) is 1.58. The molecule has 0 saturated heterocycles. The van der Waals surface area contributed by atoms with Crippen LogP contribution in [0.3, 0.4) is 0 Å². The van der Waals surface area contributed by atoms with E-state index < -0.39 is 6.98 Å². The van der Waals surface area contributed by atoms with E-state index in [0.29, 0.717) is 29.2 Å². The van der Waals surface area contributed by atoms with Gasteiger partial charge in [-0.1, -0.05) is 145 Å². The zero-order chi connectivity index (χ0) is 70.2. The smallest absolute Gasteiger partial charge is 0.345 e. The number of para-hydroxylation sites is 1. The van der Waals surface area contributed by atoms with Gasteiger partial charge >= 0.3 is 23.0 Å². The molecule has 0 saturated carbocycles. The molecule has 0 amide bonds. The molecule has 6 aromatic carbocycles. The number of benzene rings is 6. The quantitative estimate of drug-likeness (QED) is 0.150. The lowest BCUT2D eigenvalue weighted by Gasteiger charge is -2.02. The number of imidazole rings is 8. The molecule has 0 fully saturated rings. The number of nitrogens with zero attached hydrogens (tertiary/aromatic N) is 18. The third-order valence-corrected chi connectivity index (χ3v) is 22.1. The highest BCUT2D eigenvalue weighted by Gasteiger charge is 2.37. The highest BCUT2D eigenvalue weighted by Crippen LogP contribution is 2.40. The summed E-state index contributed by atoms with van der Waals surface area (Å²) in [5.41, 5.74) is 29.7. The van der Waals surface area contributed by atoms with E-state index >= 15 is 0 Å². The summed E-state index contributed by atoms with van der Waals surface area (Å²) in [5.74, 6) is 2.97.